The molecule has 0 spiro atoms. The van der Waals surface area contributed by atoms with Crippen LogP contribution in [0.1, 0.15) is 27.3 Å². The first-order valence-corrected chi connectivity index (χ1v) is 8.57. The van der Waals surface area contributed by atoms with E-state index in [0.717, 1.165) is 17.3 Å². The minimum atomic E-state index is -0.209. The van der Waals surface area contributed by atoms with E-state index in [9.17, 15) is 9.59 Å². The summed E-state index contributed by atoms with van der Waals surface area (Å²) >= 11 is 0. The Morgan fingerprint density at radius 2 is 1.85 bits per heavy atom. The third-order valence-corrected chi connectivity index (χ3v) is 4.57. The van der Waals surface area contributed by atoms with Crippen molar-refractivity contribution in [2.24, 2.45) is 0 Å². The molecule has 0 saturated carbocycles. The maximum absolute atomic E-state index is 12.5. The molecule has 6 nitrogen and oxygen atoms in total. The lowest BCUT2D eigenvalue weighted by Crippen LogP contribution is -2.38. The average Bonchev–Trinajstić information content (AvgIpc) is 3.16. The molecule has 1 unspecified atom stereocenters. The van der Waals surface area contributed by atoms with Gasteiger partial charge in [-0.3, -0.25) is 14.6 Å². The van der Waals surface area contributed by atoms with Crippen molar-refractivity contribution in [3.63, 3.8) is 0 Å². The lowest BCUT2D eigenvalue weighted by atomic mass is 10.2. The van der Waals surface area contributed by atoms with E-state index in [2.05, 4.69) is 15.3 Å². The number of aromatic nitrogens is 2. The Bertz CT molecular complexity index is 958. The van der Waals surface area contributed by atoms with Crippen LogP contribution in [0.15, 0.2) is 60.9 Å². The van der Waals surface area contributed by atoms with Crippen molar-refractivity contribution in [3.8, 4) is 0 Å². The standard InChI is InChI=1S/C20H18N4O2/c25-19(18-6-5-14-3-1-2-4-17(14)23-18)22-16-9-12-24(13-16)20(26)15-7-10-21-11-8-15/h1-8,10-11,16H,9,12-13H2,(H,22,25). The van der Waals surface area contributed by atoms with Crippen molar-refractivity contribution >= 4 is 22.7 Å². The topological polar surface area (TPSA) is 75.2 Å². The molecule has 1 N–H and O–H groups in total. The van der Waals surface area contributed by atoms with Gasteiger partial charge in [-0.1, -0.05) is 24.3 Å². The number of benzene rings is 1. The zero-order chi connectivity index (χ0) is 17.9. The number of amides is 2. The van der Waals surface area contributed by atoms with E-state index in [-0.39, 0.29) is 17.9 Å². The summed E-state index contributed by atoms with van der Waals surface area (Å²) in [5.41, 5.74) is 1.80. The highest BCUT2D eigenvalue weighted by Gasteiger charge is 2.28. The van der Waals surface area contributed by atoms with Crippen LogP contribution in [0.5, 0.6) is 0 Å². The summed E-state index contributed by atoms with van der Waals surface area (Å²) in [5, 5.41) is 3.99. The Hall–Kier alpha value is -3.28. The van der Waals surface area contributed by atoms with Gasteiger partial charge in [0.1, 0.15) is 5.69 Å². The predicted octanol–water partition coefficient (Wildman–Crippen LogP) is 2.27. The van der Waals surface area contributed by atoms with Crippen LogP contribution in [-0.4, -0.2) is 45.8 Å². The fraction of sp³-hybridized carbons (Fsp3) is 0.200. The molecule has 0 radical (unpaired) electrons. The zero-order valence-electron chi connectivity index (χ0n) is 14.1. The number of nitrogens with zero attached hydrogens (tertiary/aromatic N) is 3. The Balaban J connectivity index is 1.41. The van der Waals surface area contributed by atoms with Crippen LogP contribution in [-0.2, 0) is 0 Å². The number of para-hydroxylation sites is 1. The fourth-order valence-corrected chi connectivity index (χ4v) is 3.19. The predicted molar refractivity (Wildman–Crippen MR) is 97.8 cm³/mol. The highest BCUT2D eigenvalue weighted by molar-refractivity contribution is 5.96. The van der Waals surface area contributed by atoms with Gasteiger partial charge in [0.25, 0.3) is 11.8 Å². The molecular weight excluding hydrogens is 328 g/mol. The smallest absolute Gasteiger partial charge is 0.270 e. The molecule has 1 aromatic carbocycles. The monoisotopic (exact) mass is 346 g/mol. The lowest BCUT2D eigenvalue weighted by molar-refractivity contribution is 0.0783. The van der Waals surface area contributed by atoms with Crippen molar-refractivity contribution in [2.45, 2.75) is 12.5 Å². The summed E-state index contributed by atoms with van der Waals surface area (Å²) in [6, 6.07) is 14.6. The number of carbonyl (C=O) groups excluding carboxylic acids is 2. The molecule has 3 heterocycles. The first-order chi connectivity index (χ1) is 12.7. The molecule has 1 aliphatic rings. The Morgan fingerprint density at radius 3 is 2.69 bits per heavy atom. The average molecular weight is 346 g/mol. The molecule has 26 heavy (non-hydrogen) atoms. The van der Waals surface area contributed by atoms with Crippen molar-refractivity contribution < 1.29 is 9.59 Å². The molecule has 130 valence electrons. The SMILES string of the molecule is O=C(NC1CCN(C(=O)c2ccncc2)C1)c1ccc2ccccc2n1. The van der Waals surface area contributed by atoms with E-state index in [1.165, 1.54) is 0 Å². The second-order valence-electron chi connectivity index (χ2n) is 6.34. The molecule has 1 aliphatic heterocycles. The molecule has 2 aromatic heterocycles. The third-order valence-electron chi connectivity index (χ3n) is 4.57. The van der Waals surface area contributed by atoms with Crippen molar-refractivity contribution in [3.05, 3.63) is 72.2 Å². The number of nitrogens with one attached hydrogen (secondary N) is 1. The maximum atomic E-state index is 12.5. The van der Waals surface area contributed by atoms with Crippen LogP contribution >= 0.6 is 0 Å². The molecule has 2 amide bonds. The van der Waals surface area contributed by atoms with Gasteiger partial charge in [-0.25, -0.2) is 4.98 Å². The molecule has 0 aliphatic carbocycles. The van der Waals surface area contributed by atoms with Crippen LogP contribution < -0.4 is 5.32 Å². The Morgan fingerprint density at radius 1 is 1.04 bits per heavy atom. The zero-order valence-corrected chi connectivity index (χ0v) is 14.1. The second kappa shape index (κ2) is 6.92. The Kier molecular flexibility index (Phi) is 4.31. The van der Waals surface area contributed by atoms with E-state index in [0.29, 0.717) is 24.3 Å². The van der Waals surface area contributed by atoms with E-state index in [4.69, 9.17) is 0 Å². The van der Waals surface area contributed by atoms with Crippen LogP contribution in [0.3, 0.4) is 0 Å². The molecule has 1 saturated heterocycles. The van der Waals surface area contributed by atoms with Gasteiger partial charge in [0.15, 0.2) is 0 Å². The van der Waals surface area contributed by atoms with Crippen LogP contribution in [0, 0.1) is 0 Å². The molecule has 1 atom stereocenters. The molecule has 0 bridgehead atoms. The van der Waals surface area contributed by atoms with Gasteiger partial charge in [0.05, 0.1) is 5.52 Å². The number of rotatable bonds is 3. The molecule has 4 rings (SSSR count). The van der Waals surface area contributed by atoms with Crippen LogP contribution in [0.25, 0.3) is 10.9 Å². The van der Waals surface area contributed by atoms with Gasteiger partial charge < -0.3 is 10.2 Å². The molecule has 1 fully saturated rings. The number of pyridine rings is 2. The highest BCUT2D eigenvalue weighted by Crippen LogP contribution is 2.15. The number of fused-ring (bicyclic) bond motifs is 1. The quantitative estimate of drug-likeness (QED) is 0.789. The summed E-state index contributed by atoms with van der Waals surface area (Å²) in [5.74, 6) is -0.244. The van der Waals surface area contributed by atoms with Crippen molar-refractivity contribution in [2.75, 3.05) is 13.1 Å². The Labute approximate surface area is 150 Å². The largest absolute Gasteiger partial charge is 0.346 e. The lowest BCUT2D eigenvalue weighted by Gasteiger charge is -2.17. The van der Waals surface area contributed by atoms with Gasteiger partial charge in [-0.2, -0.15) is 0 Å². The number of hydrogen-bond acceptors (Lipinski definition) is 4. The van der Waals surface area contributed by atoms with Gasteiger partial charge in [-0.05, 0) is 30.7 Å². The summed E-state index contributed by atoms with van der Waals surface area (Å²) < 4.78 is 0. The summed E-state index contributed by atoms with van der Waals surface area (Å²) in [6.07, 6.45) is 3.94. The third kappa shape index (κ3) is 3.26. The summed E-state index contributed by atoms with van der Waals surface area (Å²) in [7, 11) is 0. The van der Waals surface area contributed by atoms with E-state index in [1.807, 2.05) is 30.3 Å². The molecule has 3 aromatic rings. The van der Waals surface area contributed by atoms with E-state index < -0.39 is 0 Å². The fourth-order valence-electron chi connectivity index (χ4n) is 3.19. The van der Waals surface area contributed by atoms with Gasteiger partial charge in [0, 0.05) is 42.5 Å². The first-order valence-electron chi connectivity index (χ1n) is 8.57. The highest BCUT2D eigenvalue weighted by atomic mass is 16.2. The summed E-state index contributed by atoms with van der Waals surface area (Å²) in [4.78, 5) is 35.1. The van der Waals surface area contributed by atoms with E-state index >= 15 is 0 Å². The minimum absolute atomic E-state index is 0.0343. The van der Waals surface area contributed by atoms with Gasteiger partial charge in [0.2, 0.25) is 0 Å². The van der Waals surface area contributed by atoms with Gasteiger partial charge >= 0.3 is 0 Å². The number of hydrogen-bond donors (Lipinski definition) is 1. The first kappa shape index (κ1) is 16.2. The van der Waals surface area contributed by atoms with E-state index in [1.54, 1.807) is 35.5 Å². The van der Waals surface area contributed by atoms with Crippen molar-refractivity contribution in [1.29, 1.82) is 0 Å². The van der Waals surface area contributed by atoms with Crippen molar-refractivity contribution in [1.82, 2.24) is 20.2 Å². The second-order valence-corrected chi connectivity index (χ2v) is 6.34. The van der Waals surface area contributed by atoms with Crippen LogP contribution in [0.4, 0.5) is 0 Å². The molecular formula is C20H18N4O2. The molecule has 6 heteroatoms. The normalized spacial score (nSPS) is 16.6. The van der Waals surface area contributed by atoms with Crippen LogP contribution in [0.2, 0.25) is 0 Å². The summed E-state index contributed by atoms with van der Waals surface area (Å²) in [6.45, 7) is 1.12. The van der Waals surface area contributed by atoms with Gasteiger partial charge in [-0.15, -0.1) is 0 Å². The number of likely N-dealkylation sites (tertiary alicyclic amines) is 1. The minimum Gasteiger partial charge on any atom is -0.346 e. The maximum Gasteiger partial charge on any atom is 0.270 e. The number of carbonyl (C=O) groups is 2.